The number of hydrogen-bond donors (Lipinski definition) is 2. The summed E-state index contributed by atoms with van der Waals surface area (Å²) in [5.41, 5.74) is 5.27. The second kappa shape index (κ2) is 4.67. The lowest BCUT2D eigenvalue weighted by Crippen LogP contribution is -2.33. The van der Waals surface area contributed by atoms with Crippen LogP contribution in [0.15, 0.2) is 36.5 Å². The van der Waals surface area contributed by atoms with Crippen molar-refractivity contribution in [2.45, 2.75) is 25.8 Å². The largest absolute Gasteiger partial charge is 0.271 e. The number of aromatic nitrogens is 1. The van der Waals surface area contributed by atoms with Crippen molar-refractivity contribution < 1.29 is 0 Å². The molecular formula is C15H19N3. The molecule has 1 fully saturated rings. The summed E-state index contributed by atoms with van der Waals surface area (Å²) in [7, 11) is 0. The van der Waals surface area contributed by atoms with Crippen molar-refractivity contribution in [3.8, 4) is 0 Å². The number of nitrogens with two attached hydrogens (primary N) is 1. The van der Waals surface area contributed by atoms with Crippen LogP contribution in [-0.2, 0) is 0 Å². The summed E-state index contributed by atoms with van der Waals surface area (Å²) in [6.07, 6.45) is 4.51. The van der Waals surface area contributed by atoms with Crippen LogP contribution in [0.2, 0.25) is 0 Å². The van der Waals surface area contributed by atoms with Gasteiger partial charge in [-0.2, -0.15) is 0 Å². The Labute approximate surface area is 107 Å². The van der Waals surface area contributed by atoms with Gasteiger partial charge in [-0.05, 0) is 36.3 Å². The molecule has 18 heavy (non-hydrogen) atoms. The summed E-state index contributed by atoms with van der Waals surface area (Å²) in [5, 5.41) is 1.18. The zero-order chi connectivity index (χ0) is 12.5. The molecule has 3 heteroatoms. The monoisotopic (exact) mass is 241 g/mol. The molecule has 0 amide bonds. The number of benzene rings is 1. The molecule has 3 rings (SSSR count). The number of hydrogen-bond acceptors (Lipinski definition) is 3. The van der Waals surface area contributed by atoms with Crippen LogP contribution in [0.25, 0.3) is 10.9 Å². The molecule has 2 unspecified atom stereocenters. The fourth-order valence-corrected chi connectivity index (χ4v) is 2.80. The van der Waals surface area contributed by atoms with E-state index in [4.69, 9.17) is 5.84 Å². The molecule has 1 aliphatic carbocycles. The van der Waals surface area contributed by atoms with Gasteiger partial charge < -0.3 is 0 Å². The molecule has 0 spiro atoms. The first kappa shape index (κ1) is 11.6. The fraction of sp³-hybridized carbons (Fsp3) is 0.400. The van der Waals surface area contributed by atoms with E-state index in [2.05, 4.69) is 41.6 Å². The third-order valence-corrected chi connectivity index (χ3v) is 4.07. The summed E-state index contributed by atoms with van der Waals surface area (Å²) >= 11 is 0. The van der Waals surface area contributed by atoms with Crippen molar-refractivity contribution in [1.82, 2.24) is 10.4 Å². The zero-order valence-corrected chi connectivity index (χ0v) is 10.6. The number of para-hydroxylation sites is 1. The minimum atomic E-state index is 0.191. The van der Waals surface area contributed by atoms with Gasteiger partial charge in [0, 0.05) is 11.6 Å². The van der Waals surface area contributed by atoms with Gasteiger partial charge in [0.2, 0.25) is 0 Å². The number of nitrogens with zero attached hydrogens (tertiary/aromatic N) is 1. The van der Waals surface area contributed by atoms with Gasteiger partial charge in [-0.3, -0.25) is 16.3 Å². The highest BCUT2D eigenvalue weighted by Crippen LogP contribution is 2.43. The molecule has 1 saturated carbocycles. The molecular weight excluding hydrogens is 222 g/mol. The van der Waals surface area contributed by atoms with Crippen LogP contribution in [0.1, 0.15) is 31.4 Å². The van der Waals surface area contributed by atoms with Crippen molar-refractivity contribution >= 4 is 10.9 Å². The van der Waals surface area contributed by atoms with Crippen molar-refractivity contribution in [2.24, 2.45) is 17.7 Å². The van der Waals surface area contributed by atoms with Crippen molar-refractivity contribution in [3.63, 3.8) is 0 Å². The van der Waals surface area contributed by atoms with E-state index in [0.717, 1.165) is 11.4 Å². The molecule has 1 heterocycles. The Balaban J connectivity index is 2.05. The smallest absolute Gasteiger partial charge is 0.0750 e. The summed E-state index contributed by atoms with van der Waals surface area (Å²) in [5.74, 6) is 7.15. The minimum absolute atomic E-state index is 0.191. The van der Waals surface area contributed by atoms with Gasteiger partial charge in [-0.25, -0.2) is 0 Å². The van der Waals surface area contributed by atoms with Gasteiger partial charge in [-0.15, -0.1) is 0 Å². The SMILES string of the molecule is CC(C1CC1)C(NN)c1cccc2cccnc12. The van der Waals surface area contributed by atoms with Gasteiger partial charge in [0.15, 0.2) is 0 Å². The first-order valence-corrected chi connectivity index (χ1v) is 6.61. The average Bonchev–Trinajstić information content (AvgIpc) is 3.24. The third kappa shape index (κ3) is 2.00. The Hall–Kier alpha value is -1.45. The highest BCUT2D eigenvalue weighted by Gasteiger charge is 2.34. The molecule has 0 aliphatic heterocycles. The Morgan fingerprint density at radius 2 is 2.06 bits per heavy atom. The Kier molecular flexibility index (Phi) is 3.02. The van der Waals surface area contributed by atoms with E-state index >= 15 is 0 Å². The maximum Gasteiger partial charge on any atom is 0.0750 e. The number of fused-ring (bicyclic) bond motifs is 1. The van der Waals surface area contributed by atoms with Crippen molar-refractivity contribution in [3.05, 3.63) is 42.1 Å². The predicted molar refractivity (Wildman–Crippen MR) is 73.7 cm³/mol. The van der Waals surface area contributed by atoms with E-state index in [1.54, 1.807) is 0 Å². The highest BCUT2D eigenvalue weighted by atomic mass is 15.2. The van der Waals surface area contributed by atoms with Gasteiger partial charge in [-0.1, -0.05) is 31.2 Å². The summed E-state index contributed by atoms with van der Waals surface area (Å²) < 4.78 is 0. The number of rotatable bonds is 4. The Bertz CT molecular complexity index is 543. The summed E-state index contributed by atoms with van der Waals surface area (Å²) in [6.45, 7) is 2.28. The van der Waals surface area contributed by atoms with Crippen LogP contribution in [0.4, 0.5) is 0 Å². The summed E-state index contributed by atoms with van der Waals surface area (Å²) in [4.78, 5) is 4.52. The van der Waals surface area contributed by atoms with E-state index < -0.39 is 0 Å². The lowest BCUT2D eigenvalue weighted by Gasteiger charge is -2.24. The standard InChI is InChI=1S/C15H19N3/c1-10(11-7-8-11)14(18-16)13-6-2-4-12-5-3-9-17-15(12)13/h2-6,9-11,14,18H,7-8,16H2,1H3. The number of nitrogens with one attached hydrogen (secondary N) is 1. The molecule has 1 aromatic heterocycles. The van der Waals surface area contributed by atoms with Gasteiger partial charge >= 0.3 is 0 Å². The fourth-order valence-electron chi connectivity index (χ4n) is 2.80. The van der Waals surface area contributed by atoms with E-state index in [0.29, 0.717) is 5.92 Å². The van der Waals surface area contributed by atoms with E-state index in [1.807, 2.05) is 12.3 Å². The lowest BCUT2D eigenvalue weighted by molar-refractivity contribution is 0.356. The number of hydrazine groups is 1. The van der Waals surface area contributed by atoms with E-state index in [1.165, 1.54) is 23.8 Å². The van der Waals surface area contributed by atoms with Crippen molar-refractivity contribution in [1.29, 1.82) is 0 Å². The summed E-state index contributed by atoms with van der Waals surface area (Å²) in [6, 6.07) is 10.6. The second-order valence-corrected chi connectivity index (χ2v) is 5.26. The van der Waals surface area contributed by atoms with Crippen LogP contribution >= 0.6 is 0 Å². The van der Waals surface area contributed by atoms with Crippen molar-refractivity contribution in [2.75, 3.05) is 0 Å². The molecule has 0 saturated heterocycles. The van der Waals surface area contributed by atoms with Crippen LogP contribution in [0.3, 0.4) is 0 Å². The van der Waals surface area contributed by atoms with Crippen LogP contribution in [-0.4, -0.2) is 4.98 Å². The lowest BCUT2D eigenvalue weighted by atomic mass is 9.90. The first-order valence-electron chi connectivity index (χ1n) is 6.61. The Morgan fingerprint density at radius 1 is 1.28 bits per heavy atom. The highest BCUT2D eigenvalue weighted by molar-refractivity contribution is 5.82. The molecule has 3 N–H and O–H groups in total. The van der Waals surface area contributed by atoms with Crippen LogP contribution in [0, 0.1) is 11.8 Å². The Morgan fingerprint density at radius 3 is 2.78 bits per heavy atom. The zero-order valence-electron chi connectivity index (χ0n) is 10.6. The molecule has 0 radical (unpaired) electrons. The van der Waals surface area contributed by atoms with Gasteiger partial charge in [0.1, 0.15) is 0 Å². The maximum absolute atomic E-state index is 5.78. The van der Waals surface area contributed by atoms with Gasteiger partial charge in [0.25, 0.3) is 0 Å². The molecule has 94 valence electrons. The third-order valence-electron chi connectivity index (χ3n) is 4.07. The van der Waals surface area contributed by atoms with E-state index in [9.17, 15) is 0 Å². The maximum atomic E-state index is 5.78. The van der Waals surface area contributed by atoms with Crippen LogP contribution in [0.5, 0.6) is 0 Å². The van der Waals surface area contributed by atoms with Crippen LogP contribution < -0.4 is 11.3 Å². The topological polar surface area (TPSA) is 50.9 Å². The molecule has 2 atom stereocenters. The normalized spacial score (nSPS) is 18.8. The molecule has 1 aliphatic rings. The minimum Gasteiger partial charge on any atom is -0.271 e. The van der Waals surface area contributed by atoms with Gasteiger partial charge in [0.05, 0.1) is 11.6 Å². The first-order chi connectivity index (χ1) is 8.81. The molecule has 0 bridgehead atoms. The predicted octanol–water partition coefficient (Wildman–Crippen LogP) is 2.79. The quantitative estimate of drug-likeness (QED) is 0.639. The number of pyridine rings is 1. The second-order valence-electron chi connectivity index (χ2n) is 5.26. The average molecular weight is 241 g/mol. The molecule has 3 nitrogen and oxygen atoms in total. The molecule has 2 aromatic rings. The van der Waals surface area contributed by atoms with E-state index in [-0.39, 0.29) is 6.04 Å². The molecule has 1 aromatic carbocycles.